The zero-order chi connectivity index (χ0) is 34.2. The Balaban J connectivity index is 1.23. The molecule has 0 radical (unpaired) electrons. The highest BCUT2D eigenvalue weighted by Gasteiger charge is 2.21. The molecule has 0 aliphatic heterocycles. The van der Waals surface area contributed by atoms with Crippen molar-refractivity contribution in [3.05, 3.63) is 182 Å². The smallest absolute Gasteiger partial charge is 0.235 e. The van der Waals surface area contributed by atoms with Gasteiger partial charge in [0.2, 0.25) is 5.95 Å². The summed E-state index contributed by atoms with van der Waals surface area (Å²) in [5.41, 5.74) is 11.0. The zero-order valence-electron chi connectivity index (χ0n) is 28.1. The Kier molecular flexibility index (Phi) is 6.22. The van der Waals surface area contributed by atoms with Gasteiger partial charge in [0.15, 0.2) is 0 Å². The molecule has 52 heavy (non-hydrogen) atoms. The molecule has 3 aromatic heterocycles. The summed E-state index contributed by atoms with van der Waals surface area (Å²) in [5, 5.41) is 8.31. The second kappa shape index (κ2) is 11.2. The van der Waals surface area contributed by atoms with E-state index in [0.717, 1.165) is 38.9 Å². The zero-order valence-corrected chi connectivity index (χ0v) is 28.1. The number of nitrogens with zero attached hydrogens (tertiary/aromatic N) is 4. The van der Waals surface area contributed by atoms with Crippen LogP contribution in [-0.4, -0.2) is 19.1 Å². The van der Waals surface area contributed by atoms with Crippen LogP contribution in [0, 0.1) is 0 Å². The molecule has 0 atom stereocenters. The second-order valence-electron chi connectivity index (χ2n) is 13.4. The van der Waals surface area contributed by atoms with Gasteiger partial charge >= 0.3 is 0 Å². The van der Waals surface area contributed by atoms with Gasteiger partial charge in [-0.25, -0.2) is 9.97 Å². The summed E-state index contributed by atoms with van der Waals surface area (Å²) in [5.74, 6) is 0.659. The lowest BCUT2D eigenvalue weighted by molar-refractivity contribution is 1.01. The number of hydrogen-bond acceptors (Lipinski definition) is 2. The number of fused-ring (bicyclic) bond motifs is 9. The van der Waals surface area contributed by atoms with Crippen LogP contribution in [0.25, 0.3) is 99.3 Å². The van der Waals surface area contributed by atoms with Crippen LogP contribution in [0.3, 0.4) is 0 Å². The molecule has 0 saturated heterocycles. The molecular formula is C48H30N4. The highest BCUT2D eigenvalue weighted by molar-refractivity contribution is 6.24. The highest BCUT2D eigenvalue weighted by atomic mass is 15.2. The van der Waals surface area contributed by atoms with Gasteiger partial charge in [-0.1, -0.05) is 133 Å². The van der Waals surface area contributed by atoms with E-state index in [-0.39, 0.29) is 0 Å². The molecule has 0 N–H and O–H groups in total. The third kappa shape index (κ3) is 4.21. The van der Waals surface area contributed by atoms with Crippen LogP contribution in [0.15, 0.2) is 182 Å². The lowest BCUT2D eigenvalue weighted by Gasteiger charge is -2.14. The van der Waals surface area contributed by atoms with Crippen LogP contribution < -0.4 is 0 Å². The van der Waals surface area contributed by atoms with Gasteiger partial charge in [0, 0.05) is 38.2 Å². The van der Waals surface area contributed by atoms with Gasteiger partial charge in [-0.05, 0) is 70.4 Å². The topological polar surface area (TPSA) is 35.6 Å². The molecule has 0 aliphatic carbocycles. The Morgan fingerprint density at radius 3 is 1.73 bits per heavy atom. The van der Waals surface area contributed by atoms with E-state index >= 15 is 0 Å². The summed E-state index contributed by atoms with van der Waals surface area (Å²) in [6.07, 6.45) is 0. The maximum atomic E-state index is 5.35. The molecule has 0 amide bonds. The molecule has 4 heteroatoms. The minimum atomic E-state index is 0.659. The molecule has 0 bridgehead atoms. The van der Waals surface area contributed by atoms with Crippen LogP contribution in [0.5, 0.6) is 0 Å². The summed E-state index contributed by atoms with van der Waals surface area (Å²) in [6.45, 7) is 0. The lowest BCUT2D eigenvalue weighted by Crippen LogP contribution is -2.03. The van der Waals surface area contributed by atoms with E-state index in [1.54, 1.807) is 0 Å². The Morgan fingerprint density at radius 2 is 0.942 bits per heavy atom. The summed E-state index contributed by atoms with van der Waals surface area (Å²) >= 11 is 0. The monoisotopic (exact) mass is 662 g/mol. The average molecular weight is 663 g/mol. The summed E-state index contributed by atoms with van der Waals surface area (Å²) in [7, 11) is 0. The molecule has 4 nitrogen and oxygen atoms in total. The van der Waals surface area contributed by atoms with Crippen molar-refractivity contribution >= 4 is 65.3 Å². The van der Waals surface area contributed by atoms with Crippen molar-refractivity contribution in [2.45, 2.75) is 0 Å². The van der Waals surface area contributed by atoms with E-state index in [1.165, 1.54) is 54.5 Å². The van der Waals surface area contributed by atoms with Gasteiger partial charge in [0.1, 0.15) is 0 Å². The first kappa shape index (κ1) is 28.8. The van der Waals surface area contributed by atoms with Crippen molar-refractivity contribution in [1.29, 1.82) is 0 Å². The van der Waals surface area contributed by atoms with Crippen molar-refractivity contribution in [2.24, 2.45) is 0 Å². The van der Waals surface area contributed by atoms with Gasteiger partial charge in [-0.2, -0.15) is 0 Å². The first-order valence-corrected chi connectivity index (χ1v) is 17.7. The quantitative estimate of drug-likeness (QED) is 0.188. The first-order chi connectivity index (χ1) is 25.8. The summed E-state index contributed by atoms with van der Waals surface area (Å²) in [6, 6.07) is 64.9. The fourth-order valence-corrected chi connectivity index (χ4v) is 8.26. The maximum absolute atomic E-state index is 5.35. The SMILES string of the molecule is c1ccc(-c2nc(-n3c4ccccc4c4c5ccccc5c(-c5ccc6c(c5)c5ccccc5n6-c5ccccc5)cc43)nc3ccccc23)cc1. The van der Waals surface area contributed by atoms with E-state index in [2.05, 4.69) is 185 Å². The van der Waals surface area contributed by atoms with Crippen LogP contribution in [0.2, 0.25) is 0 Å². The van der Waals surface area contributed by atoms with Crippen molar-refractivity contribution in [3.63, 3.8) is 0 Å². The number of aromatic nitrogens is 4. The number of para-hydroxylation sites is 4. The van der Waals surface area contributed by atoms with Gasteiger partial charge < -0.3 is 4.57 Å². The number of rotatable bonds is 4. The van der Waals surface area contributed by atoms with E-state index in [9.17, 15) is 0 Å². The van der Waals surface area contributed by atoms with E-state index in [1.807, 2.05) is 6.07 Å². The molecule has 0 aliphatic rings. The van der Waals surface area contributed by atoms with Gasteiger partial charge in [-0.15, -0.1) is 0 Å². The van der Waals surface area contributed by atoms with Crippen molar-refractivity contribution in [3.8, 4) is 34.0 Å². The largest absolute Gasteiger partial charge is 0.309 e. The minimum Gasteiger partial charge on any atom is -0.309 e. The number of benzene rings is 8. The van der Waals surface area contributed by atoms with Crippen molar-refractivity contribution < 1.29 is 0 Å². The molecule has 0 spiro atoms. The molecule has 8 aromatic carbocycles. The summed E-state index contributed by atoms with van der Waals surface area (Å²) in [4.78, 5) is 10.6. The van der Waals surface area contributed by atoms with Crippen molar-refractivity contribution in [1.82, 2.24) is 19.1 Å². The molecule has 11 rings (SSSR count). The molecule has 0 saturated carbocycles. The molecule has 0 unspecified atom stereocenters. The Bertz CT molecular complexity index is 3170. The predicted molar refractivity (Wildman–Crippen MR) is 217 cm³/mol. The second-order valence-corrected chi connectivity index (χ2v) is 13.4. The van der Waals surface area contributed by atoms with E-state index in [0.29, 0.717) is 5.95 Å². The normalized spacial score (nSPS) is 11.8. The first-order valence-electron chi connectivity index (χ1n) is 17.7. The van der Waals surface area contributed by atoms with E-state index in [4.69, 9.17) is 9.97 Å². The standard InChI is InChI=1S/C48H30N4/c1-3-15-31(16-4-1)47-37-22-9-12-24-41(37)49-48(50-47)52-43-26-14-11-23-38(43)46-36-21-8-7-19-34(36)39(30-45(46)52)32-27-28-44-40(29-32)35-20-10-13-25-42(35)51(44)33-17-5-2-6-18-33/h1-30H. The van der Waals surface area contributed by atoms with Gasteiger partial charge in [0.05, 0.1) is 33.3 Å². The lowest BCUT2D eigenvalue weighted by atomic mass is 9.94. The van der Waals surface area contributed by atoms with Crippen LogP contribution in [0.1, 0.15) is 0 Å². The maximum Gasteiger partial charge on any atom is 0.235 e. The highest BCUT2D eigenvalue weighted by Crippen LogP contribution is 2.43. The van der Waals surface area contributed by atoms with Crippen LogP contribution >= 0.6 is 0 Å². The summed E-state index contributed by atoms with van der Waals surface area (Å²) < 4.78 is 4.63. The third-order valence-electron chi connectivity index (χ3n) is 10.5. The Hall–Kier alpha value is -7.04. The molecule has 3 heterocycles. The third-order valence-corrected chi connectivity index (χ3v) is 10.5. The fourth-order valence-electron chi connectivity index (χ4n) is 8.26. The molecular weight excluding hydrogens is 633 g/mol. The Labute approximate surface area is 299 Å². The molecule has 0 fully saturated rings. The molecule has 11 aromatic rings. The molecule has 242 valence electrons. The Morgan fingerprint density at radius 1 is 0.346 bits per heavy atom. The van der Waals surface area contributed by atoms with Crippen LogP contribution in [-0.2, 0) is 0 Å². The average Bonchev–Trinajstić information content (AvgIpc) is 3.73. The van der Waals surface area contributed by atoms with E-state index < -0.39 is 0 Å². The van der Waals surface area contributed by atoms with Crippen molar-refractivity contribution in [2.75, 3.05) is 0 Å². The minimum absolute atomic E-state index is 0.659. The van der Waals surface area contributed by atoms with Gasteiger partial charge in [0.25, 0.3) is 0 Å². The predicted octanol–water partition coefficient (Wildman–Crippen LogP) is 12.3. The van der Waals surface area contributed by atoms with Gasteiger partial charge in [-0.3, -0.25) is 4.57 Å². The van der Waals surface area contributed by atoms with Crippen LogP contribution in [0.4, 0.5) is 0 Å². The number of hydrogen-bond donors (Lipinski definition) is 0. The fraction of sp³-hybridized carbons (Fsp3) is 0.